The van der Waals surface area contributed by atoms with Crippen LogP contribution < -0.4 is 10.6 Å². The van der Waals surface area contributed by atoms with Crippen LogP contribution in [0.2, 0.25) is 0 Å². The molecule has 0 radical (unpaired) electrons. The normalized spacial score (nSPS) is 12.9. The van der Waals surface area contributed by atoms with Crippen molar-refractivity contribution < 1.29 is 29.3 Å². The number of ether oxygens (including phenoxy) is 1. The van der Waals surface area contributed by atoms with Crippen LogP contribution in [0.3, 0.4) is 0 Å². The molecule has 4 N–H and O–H groups in total. The van der Waals surface area contributed by atoms with Gasteiger partial charge in [0.15, 0.2) is 0 Å². The summed E-state index contributed by atoms with van der Waals surface area (Å²) in [6.45, 7) is 12.2. The highest BCUT2D eigenvalue weighted by molar-refractivity contribution is 5.92. The maximum atomic E-state index is 13.4. The summed E-state index contributed by atoms with van der Waals surface area (Å²) in [7, 11) is 0. The van der Waals surface area contributed by atoms with Crippen molar-refractivity contribution in [3.63, 3.8) is 0 Å². The number of phenolic OH excluding ortho intramolecular Hbond substituents is 1. The third-order valence-electron chi connectivity index (χ3n) is 4.96. The van der Waals surface area contributed by atoms with Crippen molar-refractivity contribution in [3.05, 3.63) is 42.0 Å². The monoisotopic (exact) mass is 477 g/mol. The molecule has 0 saturated heterocycles. The topological polar surface area (TPSA) is 128 Å². The van der Waals surface area contributed by atoms with Gasteiger partial charge in [-0.2, -0.15) is 0 Å². The number of aryl methyl sites for hydroxylation is 1. The summed E-state index contributed by atoms with van der Waals surface area (Å²) in [6.07, 6.45) is 3.33. The van der Waals surface area contributed by atoms with E-state index in [4.69, 9.17) is 4.74 Å². The van der Waals surface area contributed by atoms with Crippen LogP contribution >= 0.6 is 0 Å². The quantitative estimate of drug-likeness (QED) is 0.271. The molecule has 0 bridgehead atoms. The summed E-state index contributed by atoms with van der Waals surface area (Å²) in [6, 6.07) is 2.26. The van der Waals surface area contributed by atoms with E-state index in [-0.39, 0.29) is 12.3 Å². The molecule has 2 atom stereocenters. The van der Waals surface area contributed by atoms with Crippen LogP contribution in [0.15, 0.2) is 30.9 Å². The Morgan fingerprint density at radius 1 is 1.24 bits per heavy atom. The zero-order valence-corrected chi connectivity index (χ0v) is 20.9. The smallest absolute Gasteiger partial charge is 0.408 e. The van der Waals surface area contributed by atoms with Gasteiger partial charge in [-0.05, 0) is 57.4 Å². The third-order valence-corrected chi connectivity index (χ3v) is 4.96. The summed E-state index contributed by atoms with van der Waals surface area (Å²) in [5.41, 5.74) is 0.226. The minimum atomic E-state index is -1.33. The van der Waals surface area contributed by atoms with E-state index in [9.17, 15) is 24.6 Å². The lowest BCUT2D eigenvalue weighted by Gasteiger charge is -2.33. The van der Waals surface area contributed by atoms with E-state index in [2.05, 4.69) is 24.1 Å². The van der Waals surface area contributed by atoms with Crippen LogP contribution in [-0.4, -0.2) is 64.4 Å². The molecule has 190 valence electrons. The van der Waals surface area contributed by atoms with Crippen molar-refractivity contribution in [1.29, 1.82) is 0 Å². The van der Waals surface area contributed by atoms with Crippen LogP contribution in [0, 0.1) is 6.92 Å². The van der Waals surface area contributed by atoms with Gasteiger partial charge in [0.25, 0.3) is 0 Å². The highest BCUT2D eigenvalue weighted by atomic mass is 16.6. The summed E-state index contributed by atoms with van der Waals surface area (Å²) >= 11 is 0. The second-order valence-corrected chi connectivity index (χ2v) is 9.11. The number of carbonyl (C=O) groups is 3. The molecule has 0 aliphatic carbocycles. The number of phenols is 1. The third kappa shape index (κ3) is 9.05. The standard InChI is InChI=1S/C25H39N3O6/c1-7-9-10-13-26-22(31)21(18-11-12-20(30)17(3)15-18)28(14-8-2)23(32)19(16-29)27-24(33)34-25(4,5)6/h8,11-12,15,19,21,29-30H,2,7,9-10,13-14,16H2,1,3-6H3,(H,26,31)(H,27,33). The predicted molar refractivity (Wildman–Crippen MR) is 130 cm³/mol. The Hall–Kier alpha value is -3.07. The molecule has 9 nitrogen and oxygen atoms in total. The molecule has 0 saturated carbocycles. The van der Waals surface area contributed by atoms with Gasteiger partial charge in [-0.15, -0.1) is 6.58 Å². The average molecular weight is 478 g/mol. The van der Waals surface area contributed by atoms with Crippen molar-refractivity contribution in [2.45, 2.75) is 71.6 Å². The first-order chi connectivity index (χ1) is 15.9. The number of aromatic hydroxyl groups is 1. The summed E-state index contributed by atoms with van der Waals surface area (Å²) in [5.74, 6) is -1.02. The second kappa shape index (κ2) is 13.6. The number of alkyl carbamates (subject to hydrolysis) is 1. The van der Waals surface area contributed by atoms with E-state index >= 15 is 0 Å². The molecule has 0 fully saturated rings. The molecular weight excluding hydrogens is 438 g/mol. The van der Waals surface area contributed by atoms with Gasteiger partial charge in [0.05, 0.1) is 6.61 Å². The fraction of sp³-hybridized carbons (Fsp3) is 0.560. The van der Waals surface area contributed by atoms with Crippen LogP contribution in [-0.2, 0) is 14.3 Å². The average Bonchev–Trinajstić information content (AvgIpc) is 2.75. The fourth-order valence-corrected chi connectivity index (χ4v) is 3.30. The molecule has 1 aromatic rings. The van der Waals surface area contributed by atoms with E-state index in [0.717, 1.165) is 19.3 Å². The Kier molecular flexibility index (Phi) is 11.6. The number of carbonyl (C=O) groups excluding carboxylic acids is 3. The van der Waals surface area contributed by atoms with Crippen molar-refractivity contribution in [2.24, 2.45) is 0 Å². The minimum Gasteiger partial charge on any atom is -0.508 e. The number of hydrogen-bond donors (Lipinski definition) is 4. The molecule has 0 aliphatic heterocycles. The molecule has 0 aromatic heterocycles. The van der Waals surface area contributed by atoms with E-state index in [1.165, 1.54) is 17.0 Å². The molecule has 1 aromatic carbocycles. The Labute approximate surface area is 202 Å². The van der Waals surface area contributed by atoms with Crippen LogP contribution in [0.5, 0.6) is 5.75 Å². The van der Waals surface area contributed by atoms with Gasteiger partial charge in [0.1, 0.15) is 23.4 Å². The number of nitrogens with one attached hydrogen (secondary N) is 2. The van der Waals surface area contributed by atoms with Crippen molar-refractivity contribution in [2.75, 3.05) is 19.7 Å². The molecule has 0 heterocycles. The number of hydrogen-bond acceptors (Lipinski definition) is 6. The van der Waals surface area contributed by atoms with Crippen molar-refractivity contribution in [1.82, 2.24) is 15.5 Å². The van der Waals surface area contributed by atoms with Gasteiger partial charge in [0.2, 0.25) is 11.8 Å². The molecule has 2 unspecified atom stereocenters. The van der Waals surface area contributed by atoms with Gasteiger partial charge >= 0.3 is 6.09 Å². The Bertz CT molecular complexity index is 850. The molecule has 34 heavy (non-hydrogen) atoms. The van der Waals surface area contributed by atoms with E-state index in [0.29, 0.717) is 17.7 Å². The number of amides is 3. The van der Waals surface area contributed by atoms with Gasteiger partial charge in [-0.25, -0.2) is 4.79 Å². The summed E-state index contributed by atoms with van der Waals surface area (Å²) in [5, 5.41) is 25.0. The maximum Gasteiger partial charge on any atom is 0.408 e. The largest absolute Gasteiger partial charge is 0.508 e. The number of unbranched alkanes of at least 4 members (excludes halogenated alkanes) is 2. The lowest BCUT2D eigenvalue weighted by molar-refractivity contribution is -0.142. The lowest BCUT2D eigenvalue weighted by atomic mass is 10.00. The lowest BCUT2D eigenvalue weighted by Crippen LogP contribution is -2.54. The number of nitrogens with zero attached hydrogens (tertiary/aromatic N) is 1. The number of aliphatic hydroxyl groups is 1. The number of rotatable bonds is 12. The second-order valence-electron chi connectivity index (χ2n) is 9.11. The van der Waals surface area contributed by atoms with Crippen LogP contribution in [0.1, 0.15) is 64.1 Å². The van der Waals surface area contributed by atoms with Gasteiger partial charge in [-0.1, -0.05) is 31.9 Å². The summed E-state index contributed by atoms with van der Waals surface area (Å²) in [4.78, 5) is 40.2. The summed E-state index contributed by atoms with van der Waals surface area (Å²) < 4.78 is 5.20. The van der Waals surface area contributed by atoms with Gasteiger partial charge < -0.3 is 30.5 Å². The molecule has 1 rings (SSSR count). The Morgan fingerprint density at radius 3 is 2.44 bits per heavy atom. The minimum absolute atomic E-state index is 0.0156. The molecule has 3 amide bonds. The zero-order chi connectivity index (χ0) is 25.9. The number of aliphatic hydroxyl groups excluding tert-OH is 1. The highest BCUT2D eigenvalue weighted by Gasteiger charge is 2.35. The van der Waals surface area contributed by atoms with E-state index in [1.54, 1.807) is 39.8 Å². The first-order valence-corrected chi connectivity index (χ1v) is 11.5. The molecule has 0 aliphatic rings. The first kappa shape index (κ1) is 29.0. The predicted octanol–water partition coefficient (Wildman–Crippen LogP) is 2.95. The maximum absolute atomic E-state index is 13.4. The van der Waals surface area contributed by atoms with E-state index < -0.39 is 42.2 Å². The highest BCUT2D eigenvalue weighted by Crippen LogP contribution is 2.27. The Morgan fingerprint density at radius 2 is 1.91 bits per heavy atom. The molecular formula is C25H39N3O6. The zero-order valence-electron chi connectivity index (χ0n) is 20.9. The number of benzene rings is 1. The molecule has 0 spiro atoms. The van der Waals surface area contributed by atoms with Crippen LogP contribution in [0.25, 0.3) is 0 Å². The van der Waals surface area contributed by atoms with Gasteiger partial charge in [0, 0.05) is 13.1 Å². The van der Waals surface area contributed by atoms with Crippen molar-refractivity contribution >= 4 is 17.9 Å². The molecule has 9 heteroatoms. The first-order valence-electron chi connectivity index (χ1n) is 11.5. The van der Waals surface area contributed by atoms with Crippen LogP contribution in [0.4, 0.5) is 4.79 Å². The SMILES string of the molecule is C=CCN(C(=O)C(CO)NC(=O)OC(C)(C)C)C(C(=O)NCCCCC)c1ccc(O)c(C)c1. The van der Waals surface area contributed by atoms with E-state index in [1.807, 2.05) is 0 Å². The van der Waals surface area contributed by atoms with Gasteiger partial charge in [-0.3, -0.25) is 9.59 Å². The fourth-order valence-electron chi connectivity index (χ4n) is 3.30. The van der Waals surface area contributed by atoms with Crippen molar-refractivity contribution in [3.8, 4) is 5.75 Å². The Balaban J connectivity index is 3.30.